The molecule has 0 aliphatic rings. The fourth-order valence-electron chi connectivity index (χ4n) is 1.83. The van der Waals surface area contributed by atoms with Crippen LogP contribution in [0, 0.1) is 0 Å². The number of esters is 1. The Labute approximate surface area is 135 Å². The summed E-state index contributed by atoms with van der Waals surface area (Å²) in [6.45, 7) is 1.51. The Kier molecular flexibility index (Phi) is 4.02. The van der Waals surface area contributed by atoms with Crippen molar-refractivity contribution in [2.45, 2.75) is 13.5 Å². The molecule has 8 nitrogen and oxygen atoms in total. The summed E-state index contributed by atoms with van der Waals surface area (Å²) in [5.41, 5.74) is 1.72. The van der Waals surface area contributed by atoms with Crippen molar-refractivity contribution < 1.29 is 14.3 Å². The van der Waals surface area contributed by atoms with Gasteiger partial charge in [0.25, 0.3) is 0 Å². The van der Waals surface area contributed by atoms with Crippen molar-refractivity contribution in [2.24, 2.45) is 0 Å². The number of carbonyl (C=O) groups excluding carboxylic acids is 2. The van der Waals surface area contributed by atoms with Crippen LogP contribution in [0.3, 0.4) is 0 Å². The zero-order valence-electron chi connectivity index (χ0n) is 12.5. The summed E-state index contributed by atoms with van der Waals surface area (Å²) in [7, 11) is 1.64. The summed E-state index contributed by atoms with van der Waals surface area (Å²) >= 11 is 1.32. The average molecular weight is 331 g/mol. The number of fused-ring (bicyclic) bond motifs is 1. The number of anilines is 1. The lowest BCUT2D eigenvalue weighted by atomic mass is 10.2. The highest BCUT2D eigenvalue weighted by atomic mass is 32.1. The highest BCUT2D eigenvalue weighted by Gasteiger charge is 2.13. The van der Waals surface area contributed by atoms with Crippen molar-refractivity contribution in [3.63, 3.8) is 0 Å². The molecule has 3 rings (SSSR count). The van der Waals surface area contributed by atoms with Crippen molar-refractivity contribution >= 4 is 33.9 Å². The number of pyridine rings is 1. The zero-order valence-corrected chi connectivity index (χ0v) is 13.3. The summed E-state index contributed by atoms with van der Waals surface area (Å²) in [4.78, 5) is 29.1. The van der Waals surface area contributed by atoms with Gasteiger partial charge < -0.3 is 4.74 Å². The molecule has 0 saturated carbocycles. The fourth-order valence-corrected chi connectivity index (χ4v) is 2.65. The lowest BCUT2D eigenvalue weighted by molar-refractivity contribution is -0.116. The normalized spacial score (nSPS) is 10.7. The van der Waals surface area contributed by atoms with E-state index in [1.807, 2.05) is 0 Å². The van der Waals surface area contributed by atoms with Gasteiger partial charge in [0.05, 0.1) is 23.0 Å². The van der Waals surface area contributed by atoms with Gasteiger partial charge in [-0.1, -0.05) is 5.21 Å². The van der Waals surface area contributed by atoms with Crippen LogP contribution in [0.2, 0.25) is 0 Å². The third-order valence-electron chi connectivity index (χ3n) is 3.19. The number of aromatic nitrogens is 4. The van der Waals surface area contributed by atoms with Gasteiger partial charge >= 0.3 is 5.97 Å². The van der Waals surface area contributed by atoms with Gasteiger partial charge in [0.1, 0.15) is 6.61 Å². The van der Waals surface area contributed by atoms with Crippen LogP contribution in [0.5, 0.6) is 0 Å². The zero-order chi connectivity index (χ0) is 16.4. The number of thiazole rings is 1. The van der Waals surface area contributed by atoms with Gasteiger partial charge in [-0.25, -0.2) is 14.3 Å². The maximum atomic E-state index is 12.1. The second-order valence-corrected chi connectivity index (χ2v) is 5.63. The van der Waals surface area contributed by atoms with Crippen LogP contribution in [0.25, 0.3) is 5.52 Å². The van der Waals surface area contributed by atoms with Crippen LogP contribution in [0.15, 0.2) is 29.9 Å². The van der Waals surface area contributed by atoms with Gasteiger partial charge in [-0.15, -0.1) is 16.4 Å². The highest BCUT2D eigenvalue weighted by Crippen LogP contribution is 2.20. The fraction of sp³-hybridized carbons (Fsp3) is 0.214. The van der Waals surface area contributed by atoms with Crippen LogP contribution < -0.4 is 4.90 Å². The molecule has 1 amide bonds. The van der Waals surface area contributed by atoms with Crippen molar-refractivity contribution in [2.75, 3.05) is 11.9 Å². The maximum Gasteiger partial charge on any atom is 0.338 e. The lowest BCUT2D eigenvalue weighted by Gasteiger charge is -2.09. The Balaban J connectivity index is 1.65. The van der Waals surface area contributed by atoms with E-state index in [2.05, 4.69) is 15.3 Å². The standard InChI is InChI=1S/C14H13N5O3S/c1-9(20)18(2)14-16-11(8-23-14)7-22-13(21)10-3-4-19-12(5-10)6-15-17-19/h3-6,8H,7H2,1-2H3. The monoisotopic (exact) mass is 331 g/mol. The Morgan fingerprint density at radius 1 is 1.43 bits per heavy atom. The molecule has 118 valence electrons. The third-order valence-corrected chi connectivity index (χ3v) is 4.15. The minimum absolute atomic E-state index is 0.0454. The summed E-state index contributed by atoms with van der Waals surface area (Å²) in [5, 5.41) is 9.89. The summed E-state index contributed by atoms with van der Waals surface area (Å²) < 4.78 is 6.80. The minimum atomic E-state index is -0.455. The van der Waals surface area contributed by atoms with Crippen molar-refractivity contribution in [3.8, 4) is 0 Å². The maximum absolute atomic E-state index is 12.1. The number of rotatable bonds is 4. The molecule has 9 heteroatoms. The predicted molar refractivity (Wildman–Crippen MR) is 83.3 cm³/mol. The first-order chi connectivity index (χ1) is 11.0. The molecular weight excluding hydrogens is 318 g/mol. The topological polar surface area (TPSA) is 89.7 Å². The molecule has 0 aromatic carbocycles. The summed E-state index contributed by atoms with van der Waals surface area (Å²) in [6, 6.07) is 3.26. The molecule has 0 N–H and O–H groups in total. The van der Waals surface area contributed by atoms with Crippen LogP contribution in [0.4, 0.5) is 5.13 Å². The van der Waals surface area contributed by atoms with Gasteiger partial charge in [0.15, 0.2) is 5.13 Å². The van der Waals surface area contributed by atoms with Crippen molar-refractivity contribution in [1.82, 2.24) is 19.8 Å². The van der Waals surface area contributed by atoms with Crippen LogP contribution in [0.1, 0.15) is 23.0 Å². The van der Waals surface area contributed by atoms with Gasteiger partial charge in [-0.2, -0.15) is 0 Å². The number of amides is 1. The quantitative estimate of drug-likeness (QED) is 0.674. The highest BCUT2D eigenvalue weighted by molar-refractivity contribution is 7.14. The van der Waals surface area contributed by atoms with E-state index >= 15 is 0 Å². The lowest BCUT2D eigenvalue weighted by Crippen LogP contribution is -2.22. The summed E-state index contributed by atoms with van der Waals surface area (Å²) in [5.74, 6) is -0.561. The number of carbonyl (C=O) groups is 2. The third kappa shape index (κ3) is 3.19. The Hall–Kier alpha value is -2.81. The molecule has 0 radical (unpaired) electrons. The van der Waals surface area contributed by atoms with Crippen LogP contribution in [-0.4, -0.2) is 38.7 Å². The predicted octanol–water partition coefficient (Wildman–Crippen LogP) is 1.53. The van der Waals surface area contributed by atoms with Crippen LogP contribution in [-0.2, 0) is 16.1 Å². The molecule has 0 fully saturated rings. The molecule has 3 heterocycles. The SMILES string of the molecule is CC(=O)N(C)c1nc(COC(=O)c2ccn3nncc3c2)cs1. The Bertz CT molecular complexity index is 872. The van der Waals surface area contributed by atoms with Crippen molar-refractivity contribution in [3.05, 3.63) is 41.2 Å². The first-order valence-electron chi connectivity index (χ1n) is 6.70. The van der Waals surface area contributed by atoms with Gasteiger partial charge in [0.2, 0.25) is 5.91 Å². The van der Waals surface area contributed by atoms with Crippen LogP contribution >= 0.6 is 11.3 Å². The number of hydrogen-bond donors (Lipinski definition) is 0. The first kappa shape index (κ1) is 15.1. The van der Waals surface area contributed by atoms with E-state index in [-0.39, 0.29) is 12.5 Å². The second-order valence-electron chi connectivity index (χ2n) is 4.79. The molecule has 0 bridgehead atoms. The van der Waals surface area contributed by atoms with E-state index in [1.54, 1.807) is 41.5 Å². The first-order valence-corrected chi connectivity index (χ1v) is 7.58. The Morgan fingerprint density at radius 3 is 3.04 bits per heavy atom. The molecule has 0 unspecified atom stereocenters. The molecule has 23 heavy (non-hydrogen) atoms. The van der Waals surface area contributed by atoms with E-state index in [0.717, 1.165) is 0 Å². The van der Waals surface area contributed by atoms with E-state index in [1.165, 1.54) is 23.2 Å². The number of nitrogens with zero attached hydrogens (tertiary/aromatic N) is 5. The van der Waals surface area contributed by atoms with E-state index < -0.39 is 5.97 Å². The molecule has 0 saturated heterocycles. The van der Waals surface area contributed by atoms with Gasteiger partial charge in [0, 0.05) is 25.5 Å². The molecular formula is C14H13N5O3S. The summed E-state index contributed by atoms with van der Waals surface area (Å²) in [6.07, 6.45) is 3.20. The Morgan fingerprint density at radius 2 is 2.26 bits per heavy atom. The molecule has 0 spiro atoms. The smallest absolute Gasteiger partial charge is 0.338 e. The van der Waals surface area contributed by atoms with E-state index in [0.29, 0.717) is 21.9 Å². The largest absolute Gasteiger partial charge is 0.456 e. The van der Waals surface area contributed by atoms with E-state index in [4.69, 9.17) is 4.74 Å². The molecule has 3 aromatic heterocycles. The minimum Gasteiger partial charge on any atom is -0.456 e. The second kappa shape index (κ2) is 6.13. The molecule has 0 atom stereocenters. The number of ether oxygens (including phenoxy) is 1. The molecule has 3 aromatic rings. The number of hydrogen-bond acceptors (Lipinski definition) is 7. The van der Waals surface area contributed by atoms with Crippen molar-refractivity contribution in [1.29, 1.82) is 0 Å². The average Bonchev–Trinajstić information content (AvgIpc) is 3.19. The molecule has 0 aliphatic carbocycles. The van der Waals surface area contributed by atoms with Gasteiger partial charge in [-0.05, 0) is 12.1 Å². The van der Waals surface area contributed by atoms with Gasteiger partial charge in [-0.3, -0.25) is 9.69 Å². The molecule has 0 aliphatic heterocycles. The van der Waals surface area contributed by atoms with E-state index in [9.17, 15) is 9.59 Å².